The Hall–Kier alpha value is -2.43. The number of aromatic nitrogens is 2. The lowest BCUT2D eigenvalue weighted by molar-refractivity contribution is 0.0726. The predicted molar refractivity (Wildman–Crippen MR) is 74.2 cm³/mol. The van der Waals surface area contributed by atoms with Gasteiger partial charge in [0.15, 0.2) is 5.43 Å². The Bertz CT molecular complexity index is 662. The number of aromatic amines is 1. The number of nitrogens with zero attached hydrogens (tertiary/aromatic N) is 2. The van der Waals surface area contributed by atoms with E-state index in [4.69, 9.17) is 0 Å². The summed E-state index contributed by atoms with van der Waals surface area (Å²) >= 11 is 0. The van der Waals surface area contributed by atoms with Crippen molar-refractivity contribution < 1.29 is 4.79 Å². The van der Waals surface area contributed by atoms with Gasteiger partial charge in [0.05, 0.1) is 12.2 Å². The van der Waals surface area contributed by atoms with E-state index in [-0.39, 0.29) is 22.9 Å². The number of hydrogen-bond donors (Lipinski definition) is 1. The van der Waals surface area contributed by atoms with Crippen molar-refractivity contribution >= 4 is 5.91 Å². The second-order valence-corrected chi connectivity index (χ2v) is 4.91. The molecule has 0 bridgehead atoms. The molecule has 2 aromatic heterocycles. The number of nitrogens with one attached hydrogen (secondary N) is 1. The van der Waals surface area contributed by atoms with Crippen molar-refractivity contribution in [3.05, 3.63) is 64.3 Å². The van der Waals surface area contributed by atoms with Crippen molar-refractivity contribution in [2.45, 2.75) is 25.4 Å². The molecule has 1 N–H and O–H groups in total. The Morgan fingerprint density at radius 2 is 2.20 bits per heavy atom. The van der Waals surface area contributed by atoms with E-state index in [0.29, 0.717) is 6.54 Å². The first-order valence-electron chi connectivity index (χ1n) is 6.63. The highest BCUT2D eigenvalue weighted by molar-refractivity contribution is 5.94. The molecule has 0 radical (unpaired) electrons. The van der Waals surface area contributed by atoms with Crippen LogP contribution in [-0.4, -0.2) is 26.8 Å². The van der Waals surface area contributed by atoms with Crippen LogP contribution in [0.25, 0.3) is 0 Å². The summed E-state index contributed by atoms with van der Waals surface area (Å²) in [5, 5.41) is 0. The molecule has 2 heterocycles. The van der Waals surface area contributed by atoms with Gasteiger partial charge in [0, 0.05) is 30.7 Å². The SMILES string of the molecule is O=C(c1c[nH]ccc1=O)N(Cc1ccccn1)C1CC1. The number of hydrogen-bond acceptors (Lipinski definition) is 3. The first-order valence-corrected chi connectivity index (χ1v) is 6.63. The van der Waals surface area contributed by atoms with E-state index in [1.165, 1.54) is 18.5 Å². The van der Waals surface area contributed by atoms with E-state index >= 15 is 0 Å². The molecule has 20 heavy (non-hydrogen) atoms. The smallest absolute Gasteiger partial charge is 0.259 e. The minimum atomic E-state index is -0.250. The van der Waals surface area contributed by atoms with Gasteiger partial charge in [-0.05, 0) is 25.0 Å². The minimum Gasteiger partial charge on any atom is -0.367 e. The minimum absolute atomic E-state index is 0.190. The van der Waals surface area contributed by atoms with E-state index in [1.54, 1.807) is 11.1 Å². The van der Waals surface area contributed by atoms with Crippen LogP contribution in [0.2, 0.25) is 0 Å². The summed E-state index contributed by atoms with van der Waals surface area (Å²) in [4.78, 5) is 33.1. The van der Waals surface area contributed by atoms with Crippen LogP contribution in [0.5, 0.6) is 0 Å². The molecule has 1 amide bonds. The van der Waals surface area contributed by atoms with Crippen molar-refractivity contribution in [2.75, 3.05) is 0 Å². The van der Waals surface area contributed by atoms with Crippen LogP contribution >= 0.6 is 0 Å². The molecule has 0 spiro atoms. The van der Waals surface area contributed by atoms with Crippen molar-refractivity contribution in [1.29, 1.82) is 0 Å². The number of carbonyl (C=O) groups is 1. The Morgan fingerprint density at radius 3 is 2.85 bits per heavy atom. The average Bonchev–Trinajstić information content (AvgIpc) is 3.30. The number of carbonyl (C=O) groups excluding carboxylic acids is 1. The van der Waals surface area contributed by atoms with Crippen LogP contribution in [0.1, 0.15) is 28.9 Å². The van der Waals surface area contributed by atoms with Crippen molar-refractivity contribution in [1.82, 2.24) is 14.9 Å². The number of rotatable bonds is 4. The van der Waals surface area contributed by atoms with Gasteiger partial charge < -0.3 is 9.88 Å². The van der Waals surface area contributed by atoms with E-state index in [2.05, 4.69) is 9.97 Å². The molecule has 1 saturated carbocycles. The molecule has 5 nitrogen and oxygen atoms in total. The summed E-state index contributed by atoms with van der Waals surface area (Å²) in [6.45, 7) is 0.443. The van der Waals surface area contributed by atoms with Crippen LogP contribution in [0.4, 0.5) is 0 Å². The lowest BCUT2D eigenvalue weighted by Gasteiger charge is -2.21. The lowest BCUT2D eigenvalue weighted by Crippen LogP contribution is -2.35. The largest absolute Gasteiger partial charge is 0.367 e. The highest BCUT2D eigenvalue weighted by Gasteiger charge is 2.34. The normalized spacial score (nSPS) is 14.0. The Balaban J connectivity index is 1.86. The first-order chi connectivity index (χ1) is 9.75. The summed E-state index contributed by atoms with van der Waals surface area (Å²) in [6.07, 6.45) is 6.69. The molecule has 0 aromatic carbocycles. The molecule has 0 saturated heterocycles. The maximum atomic E-state index is 12.5. The van der Waals surface area contributed by atoms with Crippen molar-refractivity contribution in [3.8, 4) is 0 Å². The number of amides is 1. The molecule has 1 aliphatic rings. The van der Waals surface area contributed by atoms with Gasteiger partial charge in [-0.15, -0.1) is 0 Å². The molecule has 2 aromatic rings. The fourth-order valence-electron chi connectivity index (χ4n) is 2.16. The van der Waals surface area contributed by atoms with Crippen molar-refractivity contribution in [2.24, 2.45) is 0 Å². The van der Waals surface area contributed by atoms with E-state index in [9.17, 15) is 9.59 Å². The Labute approximate surface area is 116 Å². The van der Waals surface area contributed by atoms with Crippen LogP contribution in [0, 0.1) is 0 Å². The van der Waals surface area contributed by atoms with Gasteiger partial charge in [-0.1, -0.05) is 6.07 Å². The maximum absolute atomic E-state index is 12.5. The van der Waals surface area contributed by atoms with Crippen LogP contribution in [0.15, 0.2) is 47.7 Å². The number of H-pyrrole nitrogens is 1. The van der Waals surface area contributed by atoms with Gasteiger partial charge in [0.1, 0.15) is 5.56 Å². The third-order valence-electron chi connectivity index (χ3n) is 3.36. The van der Waals surface area contributed by atoms with E-state index in [0.717, 1.165) is 18.5 Å². The summed E-state index contributed by atoms with van der Waals surface area (Å²) in [5.74, 6) is -0.222. The molecule has 1 fully saturated rings. The molecule has 5 heteroatoms. The summed E-state index contributed by atoms with van der Waals surface area (Å²) < 4.78 is 0. The zero-order valence-corrected chi connectivity index (χ0v) is 11.0. The van der Waals surface area contributed by atoms with Gasteiger partial charge >= 0.3 is 0 Å². The summed E-state index contributed by atoms with van der Waals surface area (Å²) in [6, 6.07) is 7.22. The van der Waals surface area contributed by atoms with Gasteiger partial charge in [-0.3, -0.25) is 14.6 Å². The third kappa shape index (κ3) is 2.61. The molecule has 102 valence electrons. The van der Waals surface area contributed by atoms with Crippen molar-refractivity contribution in [3.63, 3.8) is 0 Å². The molecule has 0 unspecified atom stereocenters. The predicted octanol–water partition coefficient (Wildman–Crippen LogP) is 1.57. The quantitative estimate of drug-likeness (QED) is 0.916. The van der Waals surface area contributed by atoms with Gasteiger partial charge in [0.2, 0.25) is 0 Å². The zero-order valence-electron chi connectivity index (χ0n) is 11.0. The van der Waals surface area contributed by atoms with Gasteiger partial charge in [-0.25, -0.2) is 0 Å². The lowest BCUT2D eigenvalue weighted by atomic mass is 10.2. The molecule has 3 rings (SSSR count). The second kappa shape index (κ2) is 5.28. The molecule has 0 aliphatic heterocycles. The topological polar surface area (TPSA) is 66.1 Å². The van der Waals surface area contributed by atoms with Gasteiger partial charge in [-0.2, -0.15) is 0 Å². The molecule has 1 aliphatic carbocycles. The third-order valence-corrected chi connectivity index (χ3v) is 3.36. The molecular formula is C15H15N3O2. The van der Waals surface area contributed by atoms with Gasteiger partial charge in [0.25, 0.3) is 5.91 Å². The average molecular weight is 269 g/mol. The fraction of sp³-hybridized carbons (Fsp3) is 0.267. The first kappa shape index (κ1) is 12.6. The van der Waals surface area contributed by atoms with Crippen LogP contribution < -0.4 is 5.43 Å². The monoisotopic (exact) mass is 269 g/mol. The Kier molecular flexibility index (Phi) is 3.33. The molecule has 0 atom stereocenters. The number of pyridine rings is 2. The standard InChI is InChI=1S/C15H15N3O2/c19-14-6-8-16-9-13(14)15(20)18(12-4-5-12)10-11-3-1-2-7-17-11/h1-3,6-9,12H,4-5,10H2,(H,16,19). The molecular weight excluding hydrogens is 254 g/mol. The highest BCUT2D eigenvalue weighted by Crippen LogP contribution is 2.29. The van der Waals surface area contributed by atoms with E-state index in [1.807, 2.05) is 18.2 Å². The Morgan fingerprint density at radius 1 is 1.35 bits per heavy atom. The summed E-state index contributed by atoms with van der Waals surface area (Å²) in [7, 11) is 0. The maximum Gasteiger partial charge on any atom is 0.259 e. The van der Waals surface area contributed by atoms with Crippen LogP contribution in [0.3, 0.4) is 0 Å². The summed E-state index contributed by atoms with van der Waals surface area (Å²) in [5.41, 5.74) is 0.774. The fourth-order valence-corrected chi connectivity index (χ4v) is 2.16. The second-order valence-electron chi connectivity index (χ2n) is 4.91. The van der Waals surface area contributed by atoms with E-state index < -0.39 is 0 Å². The van der Waals surface area contributed by atoms with Crippen LogP contribution in [-0.2, 0) is 6.54 Å². The zero-order chi connectivity index (χ0) is 13.9. The highest BCUT2D eigenvalue weighted by atomic mass is 16.2.